The van der Waals surface area contributed by atoms with E-state index in [4.69, 9.17) is 9.15 Å². The highest BCUT2D eigenvalue weighted by molar-refractivity contribution is 5.90. The van der Waals surface area contributed by atoms with Gasteiger partial charge in [0.1, 0.15) is 17.1 Å². The van der Waals surface area contributed by atoms with Gasteiger partial charge >= 0.3 is 0 Å². The Kier molecular flexibility index (Phi) is 7.45. The molecule has 28 heavy (non-hydrogen) atoms. The topological polar surface area (TPSA) is 108 Å². The summed E-state index contributed by atoms with van der Waals surface area (Å²) < 4.78 is 10.6. The van der Waals surface area contributed by atoms with Crippen LogP contribution in [0.4, 0.5) is 5.69 Å². The van der Waals surface area contributed by atoms with Crippen molar-refractivity contribution in [2.75, 3.05) is 25.5 Å². The van der Waals surface area contributed by atoms with Gasteiger partial charge in [0.05, 0.1) is 32.1 Å². The summed E-state index contributed by atoms with van der Waals surface area (Å²) in [5.41, 5.74) is 0.333. The number of benzene rings is 1. The summed E-state index contributed by atoms with van der Waals surface area (Å²) in [5.74, 6) is 1.45. The van der Waals surface area contributed by atoms with Gasteiger partial charge in [-0.3, -0.25) is 4.79 Å². The first-order valence-electron chi connectivity index (χ1n) is 9.08. The van der Waals surface area contributed by atoms with Gasteiger partial charge in [-0.1, -0.05) is 6.07 Å². The van der Waals surface area contributed by atoms with E-state index < -0.39 is 5.60 Å². The molecule has 0 radical (unpaired) electrons. The molecule has 1 atom stereocenters. The van der Waals surface area contributed by atoms with Crippen molar-refractivity contribution in [2.45, 2.75) is 32.9 Å². The summed E-state index contributed by atoms with van der Waals surface area (Å²) >= 11 is 0. The molecule has 0 aliphatic carbocycles. The van der Waals surface area contributed by atoms with Crippen molar-refractivity contribution in [3.63, 3.8) is 0 Å². The normalized spacial score (nSPS) is 13.5. The molecule has 1 aromatic heterocycles. The molecule has 0 spiro atoms. The largest absolute Gasteiger partial charge is 0.495 e. The highest BCUT2D eigenvalue weighted by Crippen LogP contribution is 2.26. The smallest absolute Gasteiger partial charge is 0.221 e. The molecule has 8 heteroatoms. The van der Waals surface area contributed by atoms with Crippen LogP contribution in [0.5, 0.6) is 5.75 Å². The second-order valence-electron chi connectivity index (χ2n) is 6.52. The standard InChI is InChI=1S/C20H28N4O4/c1-5-21-19(23-13-20(3,26)18-7-6-10-28-18)22-12-15-8-9-17(27-4)16(11-15)24-14(2)25/h6-11,26H,5,12-13H2,1-4H3,(H,24,25)(H2,21,22,23). The number of anilines is 1. The number of guanidine groups is 1. The predicted octanol–water partition coefficient (Wildman–Crippen LogP) is 2.21. The summed E-state index contributed by atoms with van der Waals surface area (Å²) in [5, 5.41) is 19.6. The number of aliphatic imine (C=N–C) groups is 1. The van der Waals surface area contributed by atoms with Gasteiger partial charge in [-0.15, -0.1) is 0 Å². The number of rotatable bonds is 8. The van der Waals surface area contributed by atoms with E-state index in [1.807, 2.05) is 19.1 Å². The van der Waals surface area contributed by atoms with Gasteiger partial charge in [0.2, 0.25) is 5.91 Å². The number of carbonyl (C=O) groups excluding carboxylic acids is 1. The molecule has 1 heterocycles. The van der Waals surface area contributed by atoms with E-state index in [1.54, 1.807) is 32.2 Å². The monoisotopic (exact) mass is 388 g/mol. The number of amides is 1. The molecular weight excluding hydrogens is 360 g/mol. The quantitative estimate of drug-likeness (QED) is 0.408. The molecular formula is C20H28N4O4. The van der Waals surface area contributed by atoms with Gasteiger partial charge in [-0.25, -0.2) is 4.99 Å². The minimum atomic E-state index is -1.17. The van der Waals surface area contributed by atoms with Gasteiger partial charge in [-0.2, -0.15) is 0 Å². The SMILES string of the molecule is CCNC(=NCc1ccc(OC)c(NC(C)=O)c1)NCC(C)(O)c1ccco1. The Morgan fingerprint density at radius 3 is 2.71 bits per heavy atom. The second-order valence-corrected chi connectivity index (χ2v) is 6.52. The number of methoxy groups -OCH3 is 1. The molecule has 152 valence electrons. The van der Waals surface area contributed by atoms with Gasteiger partial charge in [0.25, 0.3) is 0 Å². The van der Waals surface area contributed by atoms with Crippen LogP contribution in [-0.2, 0) is 16.9 Å². The van der Waals surface area contributed by atoms with Crippen molar-refractivity contribution in [3.8, 4) is 5.75 Å². The van der Waals surface area contributed by atoms with Crippen molar-refractivity contribution in [2.24, 2.45) is 4.99 Å². The number of carbonyl (C=O) groups is 1. The summed E-state index contributed by atoms with van der Waals surface area (Å²) in [4.78, 5) is 15.9. The predicted molar refractivity (Wildman–Crippen MR) is 108 cm³/mol. The zero-order valence-corrected chi connectivity index (χ0v) is 16.7. The van der Waals surface area contributed by atoms with E-state index >= 15 is 0 Å². The minimum absolute atomic E-state index is 0.172. The number of hydrogen-bond donors (Lipinski definition) is 4. The molecule has 0 fully saturated rings. The third-order valence-corrected chi connectivity index (χ3v) is 3.99. The van der Waals surface area contributed by atoms with Gasteiger partial charge in [0.15, 0.2) is 5.96 Å². The molecule has 2 rings (SSSR count). The molecule has 1 amide bonds. The first-order chi connectivity index (χ1) is 13.4. The second kappa shape index (κ2) is 9.80. The Balaban J connectivity index is 2.08. The summed E-state index contributed by atoms with van der Waals surface area (Å²) in [6, 6.07) is 8.97. The van der Waals surface area contributed by atoms with Crippen LogP contribution < -0.4 is 20.7 Å². The number of furan rings is 1. The number of ether oxygens (including phenoxy) is 1. The molecule has 8 nitrogen and oxygen atoms in total. The summed E-state index contributed by atoms with van der Waals surface area (Å²) in [7, 11) is 1.55. The number of nitrogens with one attached hydrogen (secondary N) is 3. The van der Waals surface area contributed by atoms with Gasteiger partial charge in [0, 0.05) is 13.5 Å². The van der Waals surface area contributed by atoms with Crippen molar-refractivity contribution < 1.29 is 19.1 Å². The molecule has 0 bridgehead atoms. The number of hydrogen-bond acceptors (Lipinski definition) is 5. The van der Waals surface area contributed by atoms with Crippen LogP contribution in [0.15, 0.2) is 46.0 Å². The van der Waals surface area contributed by atoms with Crippen molar-refractivity contribution in [1.29, 1.82) is 0 Å². The Bertz CT molecular complexity index is 801. The molecule has 1 aromatic carbocycles. The van der Waals surface area contributed by atoms with E-state index in [2.05, 4.69) is 20.9 Å². The van der Waals surface area contributed by atoms with Gasteiger partial charge in [-0.05, 0) is 43.7 Å². The third kappa shape index (κ3) is 6.02. The van der Waals surface area contributed by atoms with Crippen LogP contribution in [0, 0.1) is 0 Å². The lowest BCUT2D eigenvalue weighted by Gasteiger charge is -2.22. The minimum Gasteiger partial charge on any atom is -0.495 e. The fraction of sp³-hybridized carbons (Fsp3) is 0.400. The van der Waals surface area contributed by atoms with Crippen LogP contribution in [-0.4, -0.2) is 37.2 Å². The fourth-order valence-electron chi connectivity index (χ4n) is 2.58. The lowest BCUT2D eigenvalue weighted by Crippen LogP contribution is -2.44. The van der Waals surface area contributed by atoms with Crippen molar-refractivity contribution in [1.82, 2.24) is 10.6 Å². The zero-order valence-electron chi connectivity index (χ0n) is 16.7. The highest BCUT2D eigenvalue weighted by atomic mass is 16.5. The van der Waals surface area contributed by atoms with Crippen LogP contribution in [0.1, 0.15) is 32.1 Å². The Labute approximate surface area is 165 Å². The first kappa shape index (κ1) is 21.3. The van der Waals surface area contributed by atoms with Crippen LogP contribution >= 0.6 is 0 Å². The molecule has 0 aliphatic heterocycles. The number of nitrogens with zero attached hydrogens (tertiary/aromatic N) is 1. The van der Waals surface area contributed by atoms with Crippen LogP contribution in [0.25, 0.3) is 0 Å². The lowest BCUT2D eigenvalue weighted by molar-refractivity contribution is -0.114. The van der Waals surface area contributed by atoms with E-state index in [9.17, 15) is 9.90 Å². The van der Waals surface area contributed by atoms with Crippen LogP contribution in [0.3, 0.4) is 0 Å². The Morgan fingerprint density at radius 1 is 1.32 bits per heavy atom. The number of aliphatic hydroxyl groups is 1. The highest BCUT2D eigenvalue weighted by Gasteiger charge is 2.26. The Hall–Kier alpha value is -3.00. The third-order valence-electron chi connectivity index (χ3n) is 3.99. The molecule has 2 aromatic rings. The lowest BCUT2D eigenvalue weighted by atomic mass is 10.0. The average Bonchev–Trinajstić information content (AvgIpc) is 3.19. The first-order valence-corrected chi connectivity index (χ1v) is 9.08. The average molecular weight is 388 g/mol. The molecule has 0 saturated carbocycles. The van der Waals surface area contributed by atoms with Crippen molar-refractivity contribution >= 4 is 17.6 Å². The maximum absolute atomic E-state index is 11.4. The zero-order chi connectivity index (χ0) is 20.6. The fourth-order valence-corrected chi connectivity index (χ4v) is 2.58. The molecule has 0 aliphatic rings. The maximum atomic E-state index is 11.4. The van der Waals surface area contributed by atoms with E-state index in [0.717, 1.165) is 5.56 Å². The van der Waals surface area contributed by atoms with E-state index in [1.165, 1.54) is 13.2 Å². The maximum Gasteiger partial charge on any atom is 0.221 e. The molecule has 1 unspecified atom stereocenters. The molecule has 0 saturated heterocycles. The van der Waals surface area contributed by atoms with E-state index in [0.29, 0.717) is 36.2 Å². The van der Waals surface area contributed by atoms with Crippen molar-refractivity contribution in [3.05, 3.63) is 47.9 Å². The summed E-state index contributed by atoms with van der Waals surface area (Å²) in [6.45, 7) is 6.37. The van der Waals surface area contributed by atoms with Gasteiger partial charge < -0.3 is 30.2 Å². The van der Waals surface area contributed by atoms with E-state index in [-0.39, 0.29) is 12.5 Å². The molecule has 4 N–H and O–H groups in total. The summed E-state index contributed by atoms with van der Waals surface area (Å²) in [6.07, 6.45) is 1.53. The Morgan fingerprint density at radius 2 is 2.11 bits per heavy atom. The van der Waals surface area contributed by atoms with Crippen LogP contribution in [0.2, 0.25) is 0 Å².